The summed E-state index contributed by atoms with van der Waals surface area (Å²) in [6.45, 7) is 0. The molecule has 0 spiro atoms. The second-order valence-electron chi connectivity index (χ2n) is 32.1. The van der Waals surface area contributed by atoms with E-state index in [0.717, 1.165) is 82.4 Å². The number of rotatable bonds is 18. The van der Waals surface area contributed by atoms with Crippen molar-refractivity contribution in [2.45, 2.75) is 109 Å². The molecule has 16 aromatic rings. The van der Waals surface area contributed by atoms with E-state index in [1.165, 1.54) is 150 Å². The van der Waals surface area contributed by atoms with Gasteiger partial charge < -0.3 is 26.6 Å². The number of hydrogen-bond acceptors (Lipinski definition) is 11. The third-order valence-corrected chi connectivity index (χ3v) is 33.7. The zero-order valence-electron chi connectivity index (χ0n) is 80.0. The molecule has 731 valence electrons. The van der Waals surface area contributed by atoms with Gasteiger partial charge in [0.2, 0.25) is 0 Å². The maximum Gasteiger partial charge on any atom is 0 e. The van der Waals surface area contributed by atoms with E-state index >= 15 is 0 Å². The van der Waals surface area contributed by atoms with Crippen LogP contribution < -0.4 is 75.1 Å². The Kier molecular flexibility index (Phi) is 56.3. The van der Waals surface area contributed by atoms with Crippen LogP contribution in [0.1, 0.15) is 127 Å². The first-order chi connectivity index (χ1) is 69.0. The molecule has 0 aliphatic heterocycles. The zero-order chi connectivity index (χ0) is 100. The van der Waals surface area contributed by atoms with Crippen LogP contribution in [0, 0.1) is 20.2 Å². The summed E-state index contributed by atoms with van der Waals surface area (Å²) in [7, 11) is 1.36. The van der Waals surface area contributed by atoms with Gasteiger partial charge in [-0.2, -0.15) is 0 Å². The molecule has 0 heterocycles. The first-order valence-corrected chi connectivity index (χ1v) is 53.8. The van der Waals surface area contributed by atoms with Crippen molar-refractivity contribution in [3.05, 3.63) is 518 Å². The number of hydrogen-bond donors (Lipinski definition) is 6. The minimum atomic E-state index is -1.20. The van der Waals surface area contributed by atoms with Gasteiger partial charge in [-0.25, -0.2) is 0 Å². The molecule has 142 heavy (non-hydrogen) atoms. The molecule has 2 fully saturated rings. The molecular formula is C119H125B2Br2FN5O7P4PdS. The van der Waals surface area contributed by atoms with Gasteiger partial charge in [0, 0.05) is 72.1 Å². The molecule has 4 aliphatic rings. The number of benzene rings is 16. The number of aliphatic hydroxyl groups is 1. The largest absolute Gasteiger partial charge is 0.0622 e. The average Bonchev–Trinajstić information content (AvgIpc) is 1.25. The molecule has 7 N–H and O–H groups in total. The van der Waals surface area contributed by atoms with Crippen LogP contribution in [0.15, 0.2) is 486 Å². The van der Waals surface area contributed by atoms with E-state index in [0.29, 0.717) is 0 Å². The molecular weight excluding hydrogens is 2070 g/mol. The van der Waals surface area contributed by atoms with Gasteiger partial charge >= 0.3 is 31.9 Å². The van der Waals surface area contributed by atoms with Crippen LogP contribution in [-0.2, 0) is 20.4 Å². The molecule has 12 nitrogen and oxygen atoms in total. The van der Waals surface area contributed by atoms with Crippen molar-refractivity contribution >= 4 is 183 Å². The number of aliphatic hydroxyl groups excluding tert-OH is 1. The molecule has 0 unspecified atom stereocenters. The summed E-state index contributed by atoms with van der Waals surface area (Å²) in [5.41, 5.74) is 19.5. The van der Waals surface area contributed by atoms with Crippen LogP contribution in [0.5, 0.6) is 0 Å². The summed E-state index contributed by atoms with van der Waals surface area (Å²) in [4.78, 5) is 19.7. The van der Waals surface area contributed by atoms with Crippen LogP contribution in [-0.4, -0.2) is 54.0 Å². The average molecular weight is 2200 g/mol. The van der Waals surface area contributed by atoms with Gasteiger partial charge in [-0.15, -0.1) is 0 Å². The molecule has 2 saturated carbocycles. The van der Waals surface area contributed by atoms with Gasteiger partial charge in [-0.05, 0) is 264 Å². The van der Waals surface area contributed by atoms with Crippen molar-refractivity contribution in [3.63, 3.8) is 0 Å². The zero-order valence-corrected chi connectivity index (χ0v) is 88.2. The Morgan fingerprint density at radius 2 is 0.613 bits per heavy atom. The topological polar surface area (TPSA) is 211 Å². The third kappa shape index (κ3) is 40.6. The van der Waals surface area contributed by atoms with E-state index in [2.05, 4.69) is 451 Å². The van der Waals surface area contributed by atoms with Crippen molar-refractivity contribution in [2.75, 3.05) is 25.7 Å². The molecule has 23 heteroatoms. The number of allylic oxidation sites excluding steroid dienone is 4. The summed E-state index contributed by atoms with van der Waals surface area (Å²) in [6, 6.07) is 157. The van der Waals surface area contributed by atoms with E-state index < -0.39 is 50.9 Å². The minimum Gasteiger partial charge on any atom is -0.0622 e. The Morgan fingerprint density at radius 3 is 0.824 bits per heavy atom. The van der Waals surface area contributed by atoms with E-state index in [-0.39, 0.29) is 44.1 Å². The van der Waals surface area contributed by atoms with Crippen LogP contribution in [0.25, 0.3) is 5.57 Å². The van der Waals surface area contributed by atoms with Crippen molar-refractivity contribution in [3.8, 4) is 0 Å². The Bertz CT molecular complexity index is 5370. The van der Waals surface area contributed by atoms with Gasteiger partial charge in [-0.3, -0.25) is 24.6 Å². The fraction of sp³-hybridized carbons (Fsp3) is 0.160. The summed E-state index contributed by atoms with van der Waals surface area (Å²) in [6.07, 6.45) is 21.4. The second-order valence-corrected chi connectivity index (χ2v) is 43.0. The summed E-state index contributed by atoms with van der Waals surface area (Å²) >= 11 is 9.83. The van der Waals surface area contributed by atoms with E-state index in [9.17, 15) is 24.6 Å². The maximum atomic E-state index is 10.4. The molecule has 0 saturated heterocycles. The van der Waals surface area contributed by atoms with Crippen molar-refractivity contribution in [1.29, 1.82) is 0 Å². The van der Waals surface area contributed by atoms with Gasteiger partial charge in [0.05, 0.1) is 18.4 Å². The monoisotopic (exact) mass is 2200 g/mol. The van der Waals surface area contributed by atoms with E-state index in [1.807, 2.05) is 36.4 Å². The number of nitrogens with two attached hydrogens (primary N) is 2. The Balaban J connectivity index is 0.000000218. The van der Waals surface area contributed by atoms with Gasteiger partial charge in [0.15, 0.2) is 0 Å². The Morgan fingerprint density at radius 1 is 0.380 bits per heavy atom. The summed E-state index contributed by atoms with van der Waals surface area (Å²) in [5.74, 6) is 1.59. The normalized spacial score (nSPS) is 12.3. The predicted octanol–water partition coefficient (Wildman–Crippen LogP) is 27.0. The first-order valence-electron chi connectivity index (χ1n) is 47.2. The second kappa shape index (κ2) is 68.9. The van der Waals surface area contributed by atoms with E-state index in [4.69, 9.17) is 28.0 Å². The standard InChI is InChI=1S/4C18H15P.C11H14BrN.C11H11NO2.C11H15N.C6H4BrNO2.C5H9BO2.CH3F.CH4O.CH4.BHNS.Pd/c4*1-4-10-16(11-5-1)19(17-12-6-2-7-13-17)18-14-8-3-9-15-18;12-10-7-9(5-6-11(10)13)8-3-1-2-4-8;13-12(14)11-7-5-10(6-8-11)9-3-1-2-4-9;12-11-7-5-10(6-8-11)9-3-1-2-4-9;7-5-1-3-6(4-2-5)8(9)10;7-6(8)5-3-1-2-4-5;2*1-2;;1-2-3;/h4*1-15H;5-8H,1-4,13H2;3,5-8H,1-2,4H2;5-9H,1-4,12H2;1-4H;3,7-8H,1-2,4H2;1H3;2H,1H3;1H4;3H;/i;;;;;;;;;1D;;;;. The smallest absolute Gasteiger partial charge is 0 e. The summed E-state index contributed by atoms with van der Waals surface area (Å²) < 4.78 is 20.1. The Labute approximate surface area is 884 Å². The van der Waals surface area contributed by atoms with Crippen molar-refractivity contribution in [2.24, 2.45) is 4.30 Å². The van der Waals surface area contributed by atoms with Gasteiger partial charge in [0.1, 0.15) is 0 Å². The number of nitro benzene ring substituents is 2. The predicted molar refractivity (Wildman–Crippen MR) is 619 cm³/mol. The molecule has 0 amide bonds. The number of alkyl halides is 1. The van der Waals surface area contributed by atoms with Crippen LogP contribution in [0.3, 0.4) is 0 Å². The fourth-order valence-corrected chi connectivity index (χ4v) is 25.9. The van der Waals surface area contributed by atoms with Crippen LogP contribution >= 0.6 is 76.4 Å². The quantitative estimate of drug-likeness (QED) is 0.0120. The molecule has 0 atom stereocenters. The maximum absolute atomic E-state index is 10.4. The first kappa shape index (κ1) is 116. The number of nitrogen functional groups attached to an aromatic ring is 2. The molecule has 0 bridgehead atoms. The number of nitrogens with zero attached hydrogens (tertiary/aromatic N) is 3. The number of nitro groups is 2. The molecule has 20 rings (SSSR count). The molecule has 4 aliphatic carbocycles. The number of non-ortho nitro benzene ring substituents is 2. The fourth-order valence-electron chi connectivity index (χ4n) is 16.0. The third-order valence-electron chi connectivity index (χ3n) is 22.7. The molecule has 16 aromatic carbocycles. The Hall–Kier alpha value is -11.2. The SMILES string of the molecule is C.CO.Nc1ccc(C2CCCC2)cc1.Nc1ccc(C2CCCC2)cc1Br.O=[N+]([O-])c1ccc(Br)cc1.O=[N+]([O-])c1ccc(C2=CCCC2)cc1.OB(O)C1=CCCC1.[2H]CF.[B]=NS.[Pd].c1ccc(P(c2ccccc2)c2ccccc2)cc1.c1ccc(P(c2ccccc2)c2ccccc2)cc1.c1ccc(P(c2ccccc2)c2ccccc2)cc1.c1ccc(P(c2ccccc2)c2ccccc2)cc1. The van der Waals surface area contributed by atoms with Crippen molar-refractivity contribution < 1.29 is 51.2 Å². The van der Waals surface area contributed by atoms with Gasteiger partial charge in [0.25, 0.3) is 11.4 Å². The molecule has 1 radical (unpaired) electrons. The number of anilines is 2. The number of thiol groups is 1. The minimum absolute atomic E-state index is 0. The molecule has 0 aromatic heterocycles. The number of halogens is 3. The van der Waals surface area contributed by atoms with Crippen LogP contribution in [0.4, 0.5) is 27.1 Å². The van der Waals surface area contributed by atoms with Gasteiger partial charge in [-0.1, -0.05) is 443 Å². The van der Waals surface area contributed by atoms with Crippen LogP contribution in [0.2, 0.25) is 0 Å². The van der Waals surface area contributed by atoms with E-state index in [1.54, 1.807) is 24.3 Å². The summed E-state index contributed by atoms with van der Waals surface area (Å²) in [5, 5.41) is 61.4. The van der Waals surface area contributed by atoms with Crippen molar-refractivity contribution in [1.82, 2.24) is 0 Å².